The summed E-state index contributed by atoms with van der Waals surface area (Å²) in [5.74, 6) is -0.414. The first-order valence-electron chi connectivity index (χ1n) is 6.27. The number of nitrogens with one attached hydrogen (secondary N) is 1. The molecule has 0 aliphatic carbocycles. The first kappa shape index (κ1) is 15.8. The fraction of sp³-hybridized carbons (Fsp3) is 0.200. The van der Waals surface area contributed by atoms with Crippen LogP contribution in [0.25, 0.3) is 0 Å². The van der Waals surface area contributed by atoms with Crippen LogP contribution < -0.4 is 5.32 Å². The Labute approximate surface area is 133 Å². The van der Waals surface area contributed by atoms with Crippen molar-refractivity contribution in [2.24, 2.45) is 0 Å². The Kier molecular flexibility index (Phi) is 5.56. The van der Waals surface area contributed by atoms with Gasteiger partial charge in [-0.25, -0.2) is 4.79 Å². The molecule has 2 rings (SSSR count). The molecule has 1 atom stereocenters. The van der Waals surface area contributed by atoms with Crippen molar-refractivity contribution in [2.75, 3.05) is 7.11 Å². The van der Waals surface area contributed by atoms with Crippen LogP contribution in [-0.2, 0) is 16.1 Å². The normalized spacial score (nSPS) is 12.0. The first-order valence-corrected chi connectivity index (χ1v) is 7.02. The number of benzene rings is 1. The molecule has 6 heteroatoms. The van der Waals surface area contributed by atoms with E-state index in [2.05, 4.69) is 10.3 Å². The predicted molar refractivity (Wildman–Crippen MR) is 82.3 cm³/mol. The van der Waals surface area contributed by atoms with Gasteiger partial charge in [0.2, 0.25) is 0 Å². The SMILES string of the molecule is COC(=O)C(NCc1cccnc1)c1ccc(Cl)cc1Cl. The van der Waals surface area contributed by atoms with Crippen molar-refractivity contribution in [2.45, 2.75) is 12.6 Å². The number of pyridine rings is 1. The number of halogens is 2. The average molecular weight is 325 g/mol. The molecule has 0 aliphatic heterocycles. The summed E-state index contributed by atoms with van der Waals surface area (Å²) in [5, 5.41) is 4.05. The van der Waals surface area contributed by atoms with E-state index in [1.807, 2.05) is 12.1 Å². The maximum atomic E-state index is 12.0. The number of carbonyl (C=O) groups excluding carboxylic acids is 1. The van der Waals surface area contributed by atoms with Crippen molar-refractivity contribution >= 4 is 29.2 Å². The van der Waals surface area contributed by atoms with E-state index in [1.165, 1.54) is 7.11 Å². The number of aromatic nitrogens is 1. The minimum Gasteiger partial charge on any atom is -0.468 e. The van der Waals surface area contributed by atoms with Crippen LogP contribution in [-0.4, -0.2) is 18.1 Å². The molecule has 0 bridgehead atoms. The van der Waals surface area contributed by atoms with Crippen LogP contribution in [0.5, 0.6) is 0 Å². The third-order valence-electron chi connectivity index (χ3n) is 2.94. The Morgan fingerprint density at radius 2 is 2.19 bits per heavy atom. The summed E-state index contributed by atoms with van der Waals surface area (Å²) in [6.07, 6.45) is 3.42. The van der Waals surface area contributed by atoms with Crippen LogP contribution >= 0.6 is 23.2 Å². The zero-order valence-electron chi connectivity index (χ0n) is 11.3. The molecule has 1 N–H and O–H groups in total. The van der Waals surface area contributed by atoms with E-state index in [1.54, 1.807) is 30.6 Å². The Morgan fingerprint density at radius 3 is 2.81 bits per heavy atom. The van der Waals surface area contributed by atoms with Gasteiger partial charge in [0.15, 0.2) is 0 Å². The molecule has 0 spiro atoms. The predicted octanol–water partition coefficient (Wildman–Crippen LogP) is 3.39. The molecule has 110 valence electrons. The average Bonchev–Trinajstić information content (AvgIpc) is 2.50. The first-order chi connectivity index (χ1) is 10.1. The van der Waals surface area contributed by atoms with Gasteiger partial charge in [0.25, 0.3) is 0 Å². The summed E-state index contributed by atoms with van der Waals surface area (Å²) in [6, 6.07) is 8.07. The number of ether oxygens (including phenoxy) is 1. The van der Waals surface area contributed by atoms with Crippen LogP contribution in [0.2, 0.25) is 10.0 Å². The molecule has 0 amide bonds. The number of methoxy groups -OCH3 is 1. The van der Waals surface area contributed by atoms with E-state index in [-0.39, 0.29) is 0 Å². The molecule has 0 aliphatic rings. The molecule has 1 heterocycles. The Bertz CT molecular complexity index is 620. The standard InChI is InChI=1S/C15H14Cl2N2O2/c1-21-15(20)14(12-5-4-11(16)7-13(12)17)19-9-10-3-2-6-18-8-10/h2-8,14,19H,9H2,1H3. The smallest absolute Gasteiger partial charge is 0.327 e. The van der Waals surface area contributed by atoms with Crippen LogP contribution in [0, 0.1) is 0 Å². The topological polar surface area (TPSA) is 51.2 Å². The number of carbonyl (C=O) groups is 1. The van der Waals surface area contributed by atoms with Gasteiger partial charge in [-0.2, -0.15) is 0 Å². The molecule has 2 aromatic rings. The van der Waals surface area contributed by atoms with Crippen LogP contribution in [0.3, 0.4) is 0 Å². The van der Waals surface area contributed by atoms with E-state index in [0.717, 1.165) is 5.56 Å². The molecule has 0 saturated heterocycles. The minimum absolute atomic E-state index is 0.414. The molecule has 0 radical (unpaired) electrons. The van der Waals surface area contributed by atoms with Crippen molar-refractivity contribution in [3.8, 4) is 0 Å². The van der Waals surface area contributed by atoms with E-state index in [4.69, 9.17) is 27.9 Å². The highest BCUT2D eigenvalue weighted by Crippen LogP contribution is 2.27. The van der Waals surface area contributed by atoms with Crippen LogP contribution in [0.1, 0.15) is 17.2 Å². The van der Waals surface area contributed by atoms with Gasteiger partial charge >= 0.3 is 5.97 Å². The fourth-order valence-electron chi connectivity index (χ4n) is 1.90. The second-order valence-corrected chi connectivity index (χ2v) is 5.21. The van der Waals surface area contributed by atoms with Gasteiger partial charge in [0, 0.05) is 29.0 Å². The van der Waals surface area contributed by atoms with Gasteiger partial charge in [-0.05, 0) is 29.3 Å². The van der Waals surface area contributed by atoms with Gasteiger partial charge in [-0.1, -0.05) is 35.3 Å². The summed E-state index contributed by atoms with van der Waals surface area (Å²) < 4.78 is 4.83. The van der Waals surface area contributed by atoms with Crippen molar-refractivity contribution in [1.82, 2.24) is 10.3 Å². The largest absolute Gasteiger partial charge is 0.468 e. The number of rotatable bonds is 5. The second-order valence-electron chi connectivity index (χ2n) is 4.36. The lowest BCUT2D eigenvalue weighted by Crippen LogP contribution is -2.29. The van der Waals surface area contributed by atoms with Crippen molar-refractivity contribution in [3.05, 3.63) is 63.9 Å². The zero-order chi connectivity index (χ0) is 15.2. The molecule has 21 heavy (non-hydrogen) atoms. The minimum atomic E-state index is -0.667. The van der Waals surface area contributed by atoms with Gasteiger partial charge < -0.3 is 4.74 Å². The van der Waals surface area contributed by atoms with Gasteiger partial charge in [0.05, 0.1) is 7.11 Å². The molecule has 4 nitrogen and oxygen atoms in total. The highest BCUT2D eigenvalue weighted by molar-refractivity contribution is 6.35. The third kappa shape index (κ3) is 4.17. The third-order valence-corrected chi connectivity index (χ3v) is 3.51. The quantitative estimate of drug-likeness (QED) is 0.856. The van der Waals surface area contributed by atoms with E-state index >= 15 is 0 Å². The lowest BCUT2D eigenvalue weighted by atomic mass is 10.1. The van der Waals surface area contributed by atoms with Crippen LogP contribution in [0.4, 0.5) is 0 Å². The number of esters is 1. The molecular formula is C15H14Cl2N2O2. The lowest BCUT2D eigenvalue weighted by molar-refractivity contribution is -0.143. The molecule has 0 saturated carbocycles. The second kappa shape index (κ2) is 7.41. The van der Waals surface area contributed by atoms with E-state index in [9.17, 15) is 4.79 Å². The number of hydrogen-bond acceptors (Lipinski definition) is 4. The monoisotopic (exact) mass is 324 g/mol. The maximum absolute atomic E-state index is 12.0. The molecule has 1 aromatic heterocycles. The van der Waals surface area contributed by atoms with Crippen molar-refractivity contribution < 1.29 is 9.53 Å². The molecule has 1 unspecified atom stereocenters. The summed E-state index contributed by atoms with van der Waals surface area (Å²) in [6.45, 7) is 0.465. The van der Waals surface area contributed by atoms with Crippen molar-refractivity contribution in [1.29, 1.82) is 0 Å². The highest BCUT2D eigenvalue weighted by Gasteiger charge is 2.23. The van der Waals surface area contributed by atoms with Gasteiger partial charge in [-0.15, -0.1) is 0 Å². The fourth-order valence-corrected chi connectivity index (χ4v) is 2.41. The Balaban J connectivity index is 2.20. The molecule has 1 aromatic carbocycles. The maximum Gasteiger partial charge on any atom is 0.327 e. The number of hydrogen-bond donors (Lipinski definition) is 1. The summed E-state index contributed by atoms with van der Waals surface area (Å²) in [4.78, 5) is 16.0. The number of nitrogens with zero attached hydrogens (tertiary/aromatic N) is 1. The zero-order valence-corrected chi connectivity index (χ0v) is 12.9. The van der Waals surface area contributed by atoms with E-state index < -0.39 is 12.0 Å². The molecule has 0 fully saturated rings. The van der Waals surface area contributed by atoms with Gasteiger partial charge in [0.1, 0.15) is 6.04 Å². The highest BCUT2D eigenvalue weighted by atomic mass is 35.5. The Morgan fingerprint density at radius 1 is 1.38 bits per heavy atom. The Hall–Kier alpha value is -1.62. The van der Waals surface area contributed by atoms with Gasteiger partial charge in [-0.3, -0.25) is 10.3 Å². The lowest BCUT2D eigenvalue weighted by Gasteiger charge is -2.18. The summed E-state index contributed by atoms with van der Waals surface area (Å²) in [7, 11) is 1.34. The van der Waals surface area contributed by atoms with Crippen LogP contribution in [0.15, 0.2) is 42.7 Å². The summed E-state index contributed by atoms with van der Waals surface area (Å²) >= 11 is 12.0. The molecular weight excluding hydrogens is 311 g/mol. The van der Waals surface area contributed by atoms with Crippen molar-refractivity contribution in [3.63, 3.8) is 0 Å². The summed E-state index contributed by atoms with van der Waals surface area (Å²) in [5.41, 5.74) is 1.58. The van der Waals surface area contributed by atoms with E-state index in [0.29, 0.717) is 22.2 Å².